The van der Waals surface area contributed by atoms with E-state index in [0.29, 0.717) is 34.9 Å². The van der Waals surface area contributed by atoms with Gasteiger partial charge in [-0.1, -0.05) is 29.3 Å². The van der Waals surface area contributed by atoms with Crippen molar-refractivity contribution in [1.29, 1.82) is 0 Å². The summed E-state index contributed by atoms with van der Waals surface area (Å²) in [6.07, 6.45) is 2.00. The van der Waals surface area contributed by atoms with Crippen LogP contribution < -0.4 is 15.1 Å². The zero-order chi connectivity index (χ0) is 26.7. The average Bonchev–Trinajstić information content (AvgIpc) is 2.94. The van der Waals surface area contributed by atoms with Gasteiger partial charge in [-0.25, -0.2) is 18.6 Å². The minimum atomic E-state index is -0.958. The van der Waals surface area contributed by atoms with Crippen molar-refractivity contribution < 1.29 is 23.1 Å². The number of aromatic nitrogens is 1. The minimum absolute atomic E-state index is 0.167. The Bertz CT molecular complexity index is 1330. The van der Waals surface area contributed by atoms with Crippen LogP contribution in [0, 0.1) is 11.6 Å². The molecule has 0 bridgehead atoms. The van der Waals surface area contributed by atoms with Crippen LogP contribution in [0.15, 0.2) is 42.6 Å². The lowest BCUT2D eigenvalue weighted by molar-refractivity contribution is -0.143. The fourth-order valence-electron chi connectivity index (χ4n) is 4.16. The monoisotopic (exact) mass is 548 g/mol. The highest BCUT2D eigenvalue weighted by Crippen LogP contribution is 2.46. The molecule has 0 fully saturated rings. The van der Waals surface area contributed by atoms with Crippen LogP contribution in [-0.4, -0.2) is 36.7 Å². The lowest BCUT2D eigenvalue weighted by atomic mass is 10.0. The molecule has 1 N–H and O–H groups in total. The molecule has 11 heteroatoms. The Morgan fingerprint density at radius 1 is 1.05 bits per heavy atom. The second kappa shape index (κ2) is 11.3. The standard InChI is InChI=1S/C26H24Cl2F2N4O3/c1-3-33-25-19(10-16(28)14-32-25)18-8-7-15(27)11-22(18)34(26(33)36)24-20(29)12-17(13-21(24)30)31-9-5-6-23(35)37-4-2/h7-8,10-14,31H,3-6,9H2,1-2H3. The number of carbonyl (C=O) groups is 2. The number of hydrogen-bond donors (Lipinski definition) is 1. The smallest absolute Gasteiger partial charge is 0.334 e. The van der Waals surface area contributed by atoms with Crippen molar-refractivity contribution >= 4 is 58.1 Å². The zero-order valence-corrected chi connectivity index (χ0v) is 21.7. The first-order chi connectivity index (χ1) is 17.7. The number of pyridine rings is 1. The largest absolute Gasteiger partial charge is 0.466 e. The molecule has 7 nitrogen and oxygen atoms in total. The highest BCUT2D eigenvalue weighted by molar-refractivity contribution is 6.32. The van der Waals surface area contributed by atoms with E-state index in [1.54, 1.807) is 32.0 Å². The van der Waals surface area contributed by atoms with E-state index in [1.807, 2.05) is 0 Å². The molecule has 37 heavy (non-hydrogen) atoms. The number of halogens is 4. The number of amides is 2. The molecule has 194 valence electrons. The summed E-state index contributed by atoms with van der Waals surface area (Å²) in [5.41, 5.74) is 0.811. The quantitative estimate of drug-likeness (QED) is 0.238. The van der Waals surface area contributed by atoms with Crippen LogP contribution in [-0.2, 0) is 9.53 Å². The molecule has 0 atom stereocenters. The number of rotatable bonds is 8. The maximum Gasteiger partial charge on any atom is 0.334 e. The van der Waals surface area contributed by atoms with E-state index >= 15 is 8.78 Å². The van der Waals surface area contributed by atoms with Crippen LogP contribution in [0.4, 0.5) is 36.5 Å². The Morgan fingerprint density at radius 3 is 2.46 bits per heavy atom. The van der Waals surface area contributed by atoms with Gasteiger partial charge < -0.3 is 10.1 Å². The number of ether oxygens (including phenoxy) is 1. The molecular formula is C26H24Cl2F2N4O3. The summed E-state index contributed by atoms with van der Waals surface area (Å²) >= 11 is 12.5. The van der Waals surface area contributed by atoms with Crippen molar-refractivity contribution in [3.8, 4) is 11.1 Å². The molecule has 2 aromatic carbocycles. The normalized spacial score (nSPS) is 12.6. The van der Waals surface area contributed by atoms with Gasteiger partial charge in [0.05, 0.1) is 17.3 Å². The summed E-state index contributed by atoms with van der Waals surface area (Å²) in [5.74, 6) is -1.95. The molecular weight excluding hydrogens is 525 g/mol. The number of urea groups is 1. The Labute approximate surface area is 222 Å². The van der Waals surface area contributed by atoms with Gasteiger partial charge in [-0.15, -0.1) is 0 Å². The van der Waals surface area contributed by atoms with Crippen LogP contribution in [0.1, 0.15) is 26.7 Å². The Hall–Kier alpha value is -3.43. The third kappa shape index (κ3) is 5.47. The van der Waals surface area contributed by atoms with Gasteiger partial charge in [0.25, 0.3) is 0 Å². The number of fused-ring (bicyclic) bond motifs is 3. The Kier molecular flexibility index (Phi) is 8.14. The van der Waals surface area contributed by atoms with Crippen molar-refractivity contribution in [1.82, 2.24) is 4.98 Å². The lowest BCUT2D eigenvalue weighted by Gasteiger charge is -2.28. The maximum absolute atomic E-state index is 15.5. The molecule has 4 rings (SSSR count). The number of esters is 1. The number of nitrogens with one attached hydrogen (secondary N) is 1. The number of nitrogens with zero attached hydrogens (tertiary/aromatic N) is 3. The summed E-state index contributed by atoms with van der Waals surface area (Å²) in [4.78, 5) is 31.9. The number of benzene rings is 2. The van der Waals surface area contributed by atoms with Crippen LogP contribution >= 0.6 is 23.2 Å². The zero-order valence-electron chi connectivity index (χ0n) is 20.2. The van der Waals surface area contributed by atoms with Gasteiger partial charge in [0, 0.05) is 47.5 Å². The predicted octanol–water partition coefficient (Wildman–Crippen LogP) is 7.19. The molecule has 1 aliphatic rings. The second-order valence-corrected chi connectivity index (χ2v) is 9.05. The Morgan fingerprint density at radius 2 is 1.78 bits per heavy atom. The van der Waals surface area contributed by atoms with E-state index < -0.39 is 23.4 Å². The Balaban J connectivity index is 1.74. The maximum atomic E-state index is 15.5. The van der Waals surface area contributed by atoms with Gasteiger partial charge in [-0.05, 0) is 50.6 Å². The molecule has 0 aliphatic carbocycles. The molecule has 0 unspecified atom stereocenters. The van der Waals surface area contributed by atoms with Crippen molar-refractivity contribution in [2.75, 3.05) is 34.8 Å². The van der Waals surface area contributed by atoms with Crippen molar-refractivity contribution in [3.05, 3.63) is 64.3 Å². The van der Waals surface area contributed by atoms with Crippen molar-refractivity contribution in [2.24, 2.45) is 0 Å². The lowest BCUT2D eigenvalue weighted by Crippen LogP contribution is -2.41. The van der Waals surface area contributed by atoms with Gasteiger partial charge in [0.2, 0.25) is 0 Å². The van der Waals surface area contributed by atoms with Crippen LogP contribution in [0.5, 0.6) is 0 Å². The number of hydrogen-bond acceptors (Lipinski definition) is 5. The molecule has 3 aromatic rings. The molecule has 1 aromatic heterocycles. The highest BCUT2D eigenvalue weighted by Gasteiger charge is 2.36. The summed E-state index contributed by atoms with van der Waals surface area (Å²) in [5, 5.41) is 3.52. The van der Waals surface area contributed by atoms with Gasteiger partial charge in [-0.2, -0.15) is 0 Å². The first-order valence-electron chi connectivity index (χ1n) is 11.7. The van der Waals surface area contributed by atoms with E-state index in [1.165, 1.54) is 17.2 Å². The number of carbonyl (C=O) groups excluding carboxylic acids is 2. The summed E-state index contributed by atoms with van der Waals surface area (Å²) in [6.45, 7) is 4.22. The summed E-state index contributed by atoms with van der Waals surface area (Å²) in [6, 6.07) is 7.89. The molecule has 0 radical (unpaired) electrons. The van der Waals surface area contributed by atoms with E-state index in [0.717, 1.165) is 17.0 Å². The molecule has 2 heterocycles. The van der Waals surface area contributed by atoms with Crippen LogP contribution in [0.2, 0.25) is 10.0 Å². The molecule has 0 saturated heterocycles. The topological polar surface area (TPSA) is 74.8 Å². The number of anilines is 4. The van der Waals surface area contributed by atoms with Crippen molar-refractivity contribution in [2.45, 2.75) is 26.7 Å². The van der Waals surface area contributed by atoms with Crippen LogP contribution in [0.25, 0.3) is 11.1 Å². The molecule has 2 amide bonds. The first kappa shape index (κ1) is 26.6. The molecule has 0 spiro atoms. The summed E-state index contributed by atoms with van der Waals surface area (Å²) < 4.78 is 35.9. The van der Waals surface area contributed by atoms with Gasteiger partial charge in [-0.3, -0.25) is 14.6 Å². The second-order valence-electron chi connectivity index (χ2n) is 8.17. The van der Waals surface area contributed by atoms with Crippen molar-refractivity contribution in [3.63, 3.8) is 0 Å². The third-order valence-corrected chi connectivity index (χ3v) is 6.19. The third-order valence-electron chi connectivity index (χ3n) is 5.75. The SMILES string of the molecule is CCOC(=O)CCCNc1cc(F)c(N2C(=O)N(CC)c3ncc(Cl)cc3-c3ccc(Cl)cc32)c(F)c1. The fourth-order valence-corrected chi connectivity index (χ4v) is 4.48. The predicted molar refractivity (Wildman–Crippen MR) is 141 cm³/mol. The minimum Gasteiger partial charge on any atom is -0.466 e. The van der Waals surface area contributed by atoms with E-state index in [4.69, 9.17) is 27.9 Å². The van der Waals surface area contributed by atoms with E-state index in [9.17, 15) is 9.59 Å². The first-order valence-corrected chi connectivity index (χ1v) is 12.5. The van der Waals surface area contributed by atoms with Gasteiger partial charge in [0.1, 0.15) is 11.5 Å². The van der Waals surface area contributed by atoms with Gasteiger partial charge in [0.15, 0.2) is 11.6 Å². The van der Waals surface area contributed by atoms with Crippen LogP contribution in [0.3, 0.4) is 0 Å². The highest BCUT2D eigenvalue weighted by atomic mass is 35.5. The van der Waals surface area contributed by atoms with E-state index in [2.05, 4.69) is 10.3 Å². The fraction of sp³-hybridized carbons (Fsp3) is 0.269. The molecule has 1 aliphatic heterocycles. The molecule has 0 saturated carbocycles. The van der Waals surface area contributed by atoms with Gasteiger partial charge >= 0.3 is 12.0 Å². The average molecular weight is 549 g/mol. The summed E-state index contributed by atoms with van der Waals surface area (Å²) in [7, 11) is 0. The van der Waals surface area contributed by atoms with E-state index in [-0.39, 0.29) is 41.9 Å².